The standard InChI is InChI=1S/C29H40F3N3O5S2/c1-17(16-28(5,6)26(37)38)33-24(36)25-34-21(14-18-10-8-7-9-11-18)23(41-25)19-12-13-22(20(15-19)29(30,31)32)42(39,40)35-27(2,3)4/h12-13,15,17-18,35H,7-11,14,16H2,1-6H3,(H,33,36)(H,37,38). The van der Waals surface area contributed by atoms with Gasteiger partial charge in [-0.2, -0.15) is 13.2 Å². The number of alkyl halides is 3. The smallest absolute Gasteiger partial charge is 0.417 e. The molecule has 1 saturated carbocycles. The molecular weight excluding hydrogens is 591 g/mol. The minimum absolute atomic E-state index is 0.0513. The number of sulfonamides is 1. The van der Waals surface area contributed by atoms with E-state index in [4.69, 9.17) is 0 Å². The summed E-state index contributed by atoms with van der Waals surface area (Å²) in [5.41, 5.74) is -2.76. The van der Waals surface area contributed by atoms with Crippen LogP contribution in [-0.2, 0) is 27.4 Å². The van der Waals surface area contributed by atoms with Crippen molar-refractivity contribution in [2.75, 3.05) is 0 Å². The van der Waals surface area contributed by atoms with Crippen molar-refractivity contribution in [2.24, 2.45) is 11.3 Å². The van der Waals surface area contributed by atoms with E-state index in [1.807, 2.05) is 0 Å². The second kappa shape index (κ2) is 12.6. The maximum absolute atomic E-state index is 14.2. The molecule has 1 amide bonds. The molecule has 1 unspecified atom stereocenters. The van der Waals surface area contributed by atoms with Gasteiger partial charge in [0.15, 0.2) is 5.01 Å². The van der Waals surface area contributed by atoms with Gasteiger partial charge in [-0.3, -0.25) is 9.59 Å². The lowest BCUT2D eigenvalue weighted by atomic mass is 9.85. The predicted octanol–water partition coefficient (Wildman–Crippen LogP) is 6.65. The number of aliphatic carboxylic acids is 1. The van der Waals surface area contributed by atoms with E-state index in [0.29, 0.717) is 17.0 Å². The number of nitrogens with zero attached hydrogens (tertiary/aromatic N) is 1. The highest BCUT2D eigenvalue weighted by Gasteiger charge is 2.39. The van der Waals surface area contributed by atoms with Crippen LogP contribution in [0.2, 0.25) is 0 Å². The maximum atomic E-state index is 14.2. The van der Waals surface area contributed by atoms with Gasteiger partial charge in [-0.05, 0) is 78.0 Å². The van der Waals surface area contributed by atoms with Gasteiger partial charge in [0.05, 0.1) is 26.4 Å². The number of rotatable bonds is 10. The number of thiazole rings is 1. The molecule has 1 aromatic heterocycles. The number of nitrogens with one attached hydrogen (secondary N) is 2. The van der Waals surface area contributed by atoms with E-state index < -0.39 is 55.5 Å². The van der Waals surface area contributed by atoms with E-state index in [1.54, 1.807) is 20.8 Å². The third-order valence-electron chi connectivity index (χ3n) is 7.15. The van der Waals surface area contributed by atoms with Crippen molar-refractivity contribution in [3.8, 4) is 10.4 Å². The Morgan fingerprint density at radius 3 is 2.26 bits per heavy atom. The Morgan fingerprint density at radius 2 is 1.71 bits per heavy atom. The van der Waals surface area contributed by atoms with Gasteiger partial charge in [0.25, 0.3) is 5.91 Å². The second-order valence-corrected chi connectivity index (χ2v) is 15.5. The SMILES string of the molecule is CC(CC(C)(C)C(=O)O)NC(=O)c1nc(CC2CCCCC2)c(-c2ccc(S(=O)(=O)NC(C)(C)C)c(C(F)(F)F)c2)s1. The highest BCUT2D eigenvalue weighted by Crippen LogP contribution is 2.41. The van der Waals surface area contributed by atoms with E-state index >= 15 is 0 Å². The number of amides is 1. The monoisotopic (exact) mass is 631 g/mol. The summed E-state index contributed by atoms with van der Waals surface area (Å²) in [6.45, 7) is 9.41. The molecule has 0 saturated heterocycles. The van der Waals surface area contributed by atoms with Crippen molar-refractivity contribution in [1.29, 1.82) is 0 Å². The number of carbonyl (C=O) groups excluding carboxylic acids is 1. The lowest BCUT2D eigenvalue weighted by Crippen LogP contribution is -2.41. The number of hydrogen-bond acceptors (Lipinski definition) is 6. The molecule has 2 aromatic rings. The first-order valence-corrected chi connectivity index (χ1v) is 16.3. The maximum Gasteiger partial charge on any atom is 0.417 e. The zero-order valence-electron chi connectivity index (χ0n) is 24.8. The molecule has 3 rings (SSSR count). The molecular formula is C29H40F3N3O5S2. The van der Waals surface area contributed by atoms with Gasteiger partial charge >= 0.3 is 12.1 Å². The number of carbonyl (C=O) groups is 2. The van der Waals surface area contributed by atoms with Crippen molar-refractivity contribution in [1.82, 2.24) is 15.0 Å². The summed E-state index contributed by atoms with van der Waals surface area (Å²) in [4.78, 5) is 28.7. The van der Waals surface area contributed by atoms with Crippen LogP contribution in [0, 0.1) is 11.3 Å². The Kier molecular flexibility index (Phi) is 10.2. The van der Waals surface area contributed by atoms with Gasteiger partial charge in [-0.15, -0.1) is 11.3 Å². The average Bonchev–Trinajstić information content (AvgIpc) is 3.25. The van der Waals surface area contributed by atoms with Crippen molar-refractivity contribution >= 4 is 33.2 Å². The van der Waals surface area contributed by atoms with E-state index in [1.165, 1.54) is 26.8 Å². The number of carboxylic acid groups (broad SMARTS) is 1. The van der Waals surface area contributed by atoms with Crippen LogP contribution in [0.25, 0.3) is 10.4 Å². The van der Waals surface area contributed by atoms with Gasteiger partial charge in [-0.1, -0.05) is 38.2 Å². The van der Waals surface area contributed by atoms with E-state index in [-0.39, 0.29) is 22.9 Å². The highest BCUT2D eigenvalue weighted by molar-refractivity contribution is 7.89. The van der Waals surface area contributed by atoms with Crippen molar-refractivity contribution in [3.05, 3.63) is 34.5 Å². The predicted molar refractivity (Wildman–Crippen MR) is 156 cm³/mol. The van der Waals surface area contributed by atoms with Crippen LogP contribution in [0.5, 0.6) is 0 Å². The molecule has 3 N–H and O–H groups in total. The van der Waals surface area contributed by atoms with Crippen molar-refractivity contribution in [2.45, 2.75) is 109 Å². The molecule has 0 spiro atoms. The molecule has 234 valence electrons. The van der Waals surface area contributed by atoms with Crippen LogP contribution in [-0.4, -0.2) is 42.0 Å². The van der Waals surface area contributed by atoms with E-state index in [9.17, 15) is 36.3 Å². The first-order valence-electron chi connectivity index (χ1n) is 14.0. The Labute approximate surface area is 249 Å². The Hall–Kier alpha value is -2.51. The average molecular weight is 632 g/mol. The van der Waals surface area contributed by atoms with Crippen LogP contribution >= 0.6 is 11.3 Å². The number of benzene rings is 1. The fraction of sp³-hybridized carbons (Fsp3) is 0.621. The van der Waals surface area contributed by atoms with Crippen LogP contribution in [0.4, 0.5) is 13.2 Å². The summed E-state index contributed by atoms with van der Waals surface area (Å²) in [7, 11) is -4.49. The van der Waals surface area contributed by atoms with E-state index in [2.05, 4.69) is 15.0 Å². The fourth-order valence-electron chi connectivity index (χ4n) is 5.25. The zero-order valence-corrected chi connectivity index (χ0v) is 26.4. The van der Waals surface area contributed by atoms with Crippen LogP contribution in [0.3, 0.4) is 0 Å². The Morgan fingerprint density at radius 1 is 1.10 bits per heavy atom. The molecule has 0 radical (unpaired) electrons. The largest absolute Gasteiger partial charge is 0.481 e. The minimum atomic E-state index is -4.96. The number of hydrogen-bond donors (Lipinski definition) is 3. The third kappa shape index (κ3) is 8.76. The lowest BCUT2D eigenvalue weighted by Gasteiger charge is -2.23. The molecule has 1 fully saturated rings. The minimum Gasteiger partial charge on any atom is -0.481 e. The molecule has 42 heavy (non-hydrogen) atoms. The molecule has 8 nitrogen and oxygen atoms in total. The first kappa shape index (κ1) is 34.0. The molecule has 1 aliphatic rings. The molecule has 13 heteroatoms. The van der Waals surface area contributed by atoms with Crippen LogP contribution in [0.1, 0.15) is 101 Å². The van der Waals surface area contributed by atoms with Crippen LogP contribution in [0.15, 0.2) is 23.1 Å². The summed E-state index contributed by atoms with van der Waals surface area (Å²) < 4.78 is 70.8. The first-order chi connectivity index (χ1) is 19.2. The van der Waals surface area contributed by atoms with E-state index in [0.717, 1.165) is 55.6 Å². The lowest BCUT2D eigenvalue weighted by molar-refractivity contribution is -0.147. The summed E-state index contributed by atoms with van der Waals surface area (Å²) in [5, 5.41) is 12.2. The molecule has 1 aliphatic carbocycles. The number of aromatic nitrogens is 1. The molecule has 1 heterocycles. The quantitative estimate of drug-likeness (QED) is 0.270. The summed E-state index contributed by atoms with van der Waals surface area (Å²) in [5.74, 6) is -1.28. The normalized spacial score (nSPS) is 16.3. The van der Waals surface area contributed by atoms with Crippen LogP contribution < -0.4 is 10.0 Å². The van der Waals surface area contributed by atoms with Crippen molar-refractivity contribution in [3.63, 3.8) is 0 Å². The summed E-state index contributed by atoms with van der Waals surface area (Å²) >= 11 is 0.946. The zero-order chi connectivity index (χ0) is 31.7. The van der Waals surface area contributed by atoms with Gasteiger partial charge < -0.3 is 10.4 Å². The molecule has 1 atom stereocenters. The van der Waals surface area contributed by atoms with Crippen molar-refractivity contribution < 1.29 is 36.3 Å². The topological polar surface area (TPSA) is 125 Å². The summed E-state index contributed by atoms with van der Waals surface area (Å²) in [6, 6.07) is 2.58. The Bertz CT molecular complexity index is 1410. The van der Waals surface area contributed by atoms with Gasteiger partial charge in [0.1, 0.15) is 0 Å². The van der Waals surface area contributed by atoms with Gasteiger partial charge in [0.2, 0.25) is 10.0 Å². The second-order valence-electron chi connectivity index (χ2n) is 12.8. The Balaban J connectivity index is 2.05. The fourth-order valence-corrected chi connectivity index (χ4v) is 7.87. The van der Waals surface area contributed by atoms with Gasteiger partial charge in [0, 0.05) is 11.6 Å². The molecule has 0 aliphatic heterocycles. The molecule has 1 aromatic carbocycles. The highest BCUT2D eigenvalue weighted by atomic mass is 32.2. The molecule has 0 bridgehead atoms. The van der Waals surface area contributed by atoms with Gasteiger partial charge in [-0.25, -0.2) is 18.1 Å². The number of carboxylic acids is 1. The third-order valence-corrected chi connectivity index (χ3v) is 10.1. The number of halogens is 3. The summed E-state index contributed by atoms with van der Waals surface area (Å²) in [6.07, 6.45) is 0.777.